The zero-order valence-corrected chi connectivity index (χ0v) is 38.9. The summed E-state index contributed by atoms with van der Waals surface area (Å²) in [6.45, 7) is 0.752. The minimum absolute atomic E-state index is 0.0477. The summed E-state index contributed by atoms with van der Waals surface area (Å²) in [6, 6.07) is 37.9. The Morgan fingerprint density at radius 1 is 0.597 bits per heavy atom. The lowest BCUT2D eigenvalue weighted by Gasteiger charge is -2.31. The average Bonchev–Trinajstić information content (AvgIpc) is 1.98. The van der Waals surface area contributed by atoms with Crippen molar-refractivity contribution in [3.8, 4) is 61.5 Å². The lowest BCUT2D eigenvalue weighted by Crippen LogP contribution is -2.24. The molecule has 1 aromatic heterocycles. The van der Waals surface area contributed by atoms with Crippen LogP contribution in [0.5, 0.6) is 5.75 Å². The summed E-state index contributed by atoms with van der Waals surface area (Å²) in [4.78, 5) is 6.86. The van der Waals surface area contributed by atoms with Gasteiger partial charge >= 0.3 is 0 Å². The number of hydrogen-bond acceptors (Lipinski definition) is 4. The van der Waals surface area contributed by atoms with E-state index in [-0.39, 0.29) is 39.7 Å². The first kappa shape index (κ1) is 29.7. The molecule has 0 aliphatic carbocycles. The average molecular weight is 896 g/mol. The third kappa shape index (κ3) is 9.02. The van der Waals surface area contributed by atoms with Gasteiger partial charge in [0.15, 0.2) is 0 Å². The maximum Gasteiger partial charge on any atom is 0.134 e. The van der Waals surface area contributed by atoms with Gasteiger partial charge in [-0.15, -0.1) is 0 Å². The number of benzene rings is 7. The maximum atomic E-state index is 12.5. The van der Waals surface area contributed by atoms with E-state index in [0.717, 1.165) is 44.6 Å². The molecule has 338 valence electrons. The zero-order valence-electron chi connectivity index (χ0n) is 54.9. The van der Waals surface area contributed by atoms with Gasteiger partial charge in [0.1, 0.15) is 11.9 Å². The molecule has 4 nitrogen and oxygen atoms in total. The van der Waals surface area contributed by atoms with E-state index < -0.39 is 68.7 Å². The number of nitrogens with zero attached hydrogens (tertiary/aromatic N) is 2. The summed E-state index contributed by atoms with van der Waals surface area (Å²) >= 11 is 0. The lowest BCUT2D eigenvalue weighted by atomic mass is 9.86. The number of rotatable bonds is 9. The number of phenolic OH excluding ortho intramolecular Hbond substituents is 1. The van der Waals surface area contributed by atoms with Crippen LogP contribution >= 0.6 is 0 Å². The molecular formula is C63H65N3O. The number of anilines is 3. The number of aromatic nitrogens is 1. The van der Waals surface area contributed by atoms with E-state index in [1.807, 2.05) is 111 Å². The zero-order chi connectivity index (χ0) is 60.8. The van der Waals surface area contributed by atoms with Gasteiger partial charge in [-0.2, -0.15) is 0 Å². The second kappa shape index (κ2) is 17.7. The number of fused-ring (bicyclic) bond motifs is 1. The van der Waals surface area contributed by atoms with Crippen LogP contribution in [0, 0.1) is 6.85 Å². The summed E-state index contributed by atoms with van der Waals surface area (Å²) in [5.74, 6) is 0.166. The van der Waals surface area contributed by atoms with Gasteiger partial charge in [0.2, 0.25) is 0 Å². The molecule has 8 aromatic rings. The highest BCUT2D eigenvalue weighted by Gasteiger charge is 2.37. The first-order valence-corrected chi connectivity index (χ1v) is 22.7. The predicted molar refractivity (Wildman–Crippen MR) is 285 cm³/mol. The van der Waals surface area contributed by atoms with Crippen LogP contribution in [-0.4, -0.2) is 10.1 Å². The van der Waals surface area contributed by atoms with Crippen molar-refractivity contribution in [2.24, 2.45) is 0 Å². The minimum atomic E-state index is -3.83. The molecule has 7 aromatic carbocycles. The summed E-state index contributed by atoms with van der Waals surface area (Å²) < 4.78 is 137. The predicted octanol–water partition coefficient (Wildman–Crippen LogP) is 17.5. The fraction of sp³-hybridized carbons (Fsp3) is 0.254. The molecular weight excluding hydrogens is 815 g/mol. The van der Waals surface area contributed by atoms with Crippen LogP contribution < -0.4 is 10.2 Å². The Labute approximate surface area is 421 Å². The monoisotopic (exact) mass is 896 g/mol. The third-order valence-electron chi connectivity index (χ3n) is 12.6. The Morgan fingerprint density at radius 2 is 1.33 bits per heavy atom. The number of aromatic hydroxyl groups is 1. The second-order valence-corrected chi connectivity index (χ2v) is 19.1. The van der Waals surface area contributed by atoms with Crippen molar-refractivity contribution in [1.82, 2.24) is 4.98 Å². The Hall–Kier alpha value is -6.91. The minimum Gasteiger partial charge on any atom is -0.507 e. The molecule has 2 heterocycles. The van der Waals surface area contributed by atoms with Crippen molar-refractivity contribution in [2.45, 2.75) is 105 Å². The van der Waals surface area contributed by atoms with E-state index in [0.29, 0.717) is 39.3 Å². The molecule has 1 unspecified atom stereocenters. The molecule has 0 bridgehead atoms. The molecule has 1 aliphatic heterocycles. The van der Waals surface area contributed by atoms with Crippen LogP contribution in [0.4, 0.5) is 17.1 Å². The Balaban J connectivity index is 1.28. The first-order valence-electron chi connectivity index (χ1n) is 30.7. The van der Waals surface area contributed by atoms with Gasteiger partial charge in [-0.25, -0.2) is 0 Å². The van der Waals surface area contributed by atoms with Crippen LogP contribution in [0.3, 0.4) is 0 Å². The van der Waals surface area contributed by atoms with Crippen LogP contribution in [0.1, 0.15) is 142 Å². The van der Waals surface area contributed by atoms with Gasteiger partial charge in [0.05, 0.1) is 28.2 Å². The van der Waals surface area contributed by atoms with E-state index in [4.69, 9.17) is 24.2 Å². The van der Waals surface area contributed by atoms with Crippen LogP contribution in [0.2, 0.25) is 0 Å². The summed E-state index contributed by atoms with van der Waals surface area (Å²) in [5, 5.41) is 16.3. The summed E-state index contributed by atoms with van der Waals surface area (Å²) in [6.07, 6.45) is 0.664. The van der Waals surface area contributed by atoms with E-state index in [9.17, 15) is 7.85 Å². The molecule has 2 N–H and O–H groups in total. The number of phenols is 1. The number of para-hydroxylation sites is 1. The molecule has 67 heavy (non-hydrogen) atoms. The Morgan fingerprint density at radius 3 is 2.01 bits per heavy atom. The SMILES string of the molecule is [2H]c1c([2H])c(C(C([2H])([2H])[2H])(C([2H])([2H])[2H])C([2H])([2H])[2H])c([2H])c([2H])c1-c1ccnc(-c2cc(-c3ccccc3)cc(-c3cccc4c3NC(c3cc(C(C)C)cc(C(C)C)c3O)N4c3ccc(C([2H])([2H])[2H])cc3-c3ccc(C(C)(C)C)cc3)c2)c1. The van der Waals surface area contributed by atoms with Crippen molar-refractivity contribution in [2.75, 3.05) is 10.2 Å². The second-order valence-electron chi connectivity index (χ2n) is 19.1. The van der Waals surface area contributed by atoms with Crippen molar-refractivity contribution in [3.05, 3.63) is 197 Å². The number of hydrogen-bond donors (Lipinski definition) is 2. The molecule has 0 fully saturated rings. The number of aryl methyl sites for hydroxylation is 1. The number of pyridine rings is 1. The highest BCUT2D eigenvalue weighted by Crippen LogP contribution is 2.54. The van der Waals surface area contributed by atoms with E-state index in [1.165, 1.54) is 12.3 Å². The van der Waals surface area contributed by atoms with Gasteiger partial charge < -0.3 is 15.3 Å². The van der Waals surface area contributed by atoms with Crippen LogP contribution in [-0.2, 0) is 10.8 Å². The molecule has 4 heteroatoms. The van der Waals surface area contributed by atoms with E-state index in [2.05, 4.69) is 57.0 Å². The molecule has 1 aliphatic rings. The highest BCUT2D eigenvalue weighted by atomic mass is 16.3. The molecule has 9 rings (SSSR count). The molecule has 0 saturated heterocycles. The van der Waals surface area contributed by atoms with Gasteiger partial charge in [-0.3, -0.25) is 4.98 Å². The molecule has 0 saturated carbocycles. The lowest BCUT2D eigenvalue weighted by molar-refractivity contribution is 0.453. The van der Waals surface area contributed by atoms with Gasteiger partial charge in [0, 0.05) is 44.9 Å². The van der Waals surface area contributed by atoms with Crippen LogP contribution in [0.25, 0.3) is 55.8 Å². The molecule has 0 spiro atoms. The number of nitrogens with one attached hydrogen (secondary N) is 1. The topological polar surface area (TPSA) is 48.4 Å². The molecule has 0 radical (unpaired) electrons. The van der Waals surface area contributed by atoms with Gasteiger partial charge in [-0.05, 0) is 140 Å². The summed E-state index contributed by atoms with van der Waals surface area (Å²) in [7, 11) is 0. The van der Waals surface area contributed by atoms with Crippen molar-refractivity contribution >= 4 is 17.1 Å². The fourth-order valence-electron chi connectivity index (χ4n) is 8.89. The standard InChI is InChI=1S/C63H65N3O/c1-39(2)46-36-53(40(3)4)60(67)55(37-46)61-65-59-52(18-15-19-58(59)66(61)57-29-20-41(5)32-54(57)44-23-27-51(28-24-44)63(9,10)11)48-33-47(42-16-13-12-14-17-42)34-49(35-48)56-38-45(30-31-64-56)43-21-25-50(26-22-43)62(6,7)8/h12-40,61,65,67H,1-11H3/i5D3,6D3,7D3,8D3,21D,22D,25D,26D. The van der Waals surface area contributed by atoms with Crippen molar-refractivity contribution in [1.29, 1.82) is 0 Å². The summed E-state index contributed by atoms with van der Waals surface area (Å²) in [5.41, 5.74) is 5.71. The van der Waals surface area contributed by atoms with Gasteiger partial charge in [-0.1, -0.05) is 178 Å². The smallest absolute Gasteiger partial charge is 0.134 e. The fourth-order valence-corrected chi connectivity index (χ4v) is 8.89. The third-order valence-corrected chi connectivity index (χ3v) is 12.6. The Kier molecular flexibility index (Phi) is 7.85. The Bertz CT molecular complexity index is 3720. The van der Waals surface area contributed by atoms with Crippen LogP contribution in [0.15, 0.2) is 164 Å². The van der Waals surface area contributed by atoms with Gasteiger partial charge in [0.25, 0.3) is 0 Å². The largest absolute Gasteiger partial charge is 0.507 e. The first-order chi connectivity index (χ1) is 38.6. The van der Waals surface area contributed by atoms with E-state index in [1.54, 1.807) is 18.2 Å². The van der Waals surface area contributed by atoms with Crippen molar-refractivity contribution in [3.63, 3.8) is 0 Å². The molecule has 1 atom stereocenters. The van der Waals surface area contributed by atoms with Crippen molar-refractivity contribution < 1.29 is 27.0 Å². The molecule has 0 amide bonds. The normalized spacial score (nSPS) is 18.1. The quantitative estimate of drug-likeness (QED) is 0.152. The maximum absolute atomic E-state index is 12.5. The highest BCUT2D eigenvalue weighted by molar-refractivity contribution is 5.98. The van der Waals surface area contributed by atoms with E-state index >= 15 is 0 Å².